The van der Waals surface area contributed by atoms with Crippen LogP contribution in [0.5, 0.6) is 0 Å². The molecule has 0 fully saturated rings. The molecule has 0 aliphatic heterocycles. The smallest absolute Gasteiger partial charge is 0.221 e. The molecule has 0 spiro atoms. The van der Waals surface area contributed by atoms with Gasteiger partial charge in [-0.3, -0.25) is 4.79 Å². The van der Waals surface area contributed by atoms with E-state index < -0.39 is 0 Å². The van der Waals surface area contributed by atoms with Gasteiger partial charge >= 0.3 is 0 Å². The molecule has 1 rings (SSSR count). The second-order valence-electron chi connectivity index (χ2n) is 5.41. The van der Waals surface area contributed by atoms with Gasteiger partial charge in [-0.2, -0.15) is 0 Å². The highest BCUT2D eigenvalue weighted by Crippen LogP contribution is 2.16. The Kier molecular flexibility index (Phi) is 7.23. The van der Waals surface area contributed by atoms with Crippen LogP contribution in [-0.4, -0.2) is 19.0 Å². The Balaban J connectivity index is 2.35. The molecule has 0 saturated heterocycles. The number of carbonyl (C=O) groups excluding carboxylic acids is 1. The predicted octanol–water partition coefficient (Wildman–Crippen LogP) is 3.03. The summed E-state index contributed by atoms with van der Waals surface area (Å²) >= 11 is 0. The predicted molar refractivity (Wildman–Crippen MR) is 79.9 cm³/mol. The van der Waals surface area contributed by atoms with E-state index in [1.165, 1.54) is 12.1 Å². The molecule has 1 amide bonds. The van der Waals surface area contributed by atoms with E-state index >= 15 is 0 Å². The number of amides is 1. The zero-order valence-corrected chi connectivity index (χ0v) is 12.6. The van der Waals surface area contributed by atoms with Crippen molar-refractivity contribution in [2.24, 2.45) is 5.92 Å². The molecule has 112 valence electrons. The fourth-order valence-electron chi connectivity index (χ4n) is 1.96. The minimum absolute atomic E-state index is 0.0696. The molecule has 1 aromatic rings. The maximum atomic E-state index is 12.9. The van der Waals surface area contributed by atoms with Crippen molar-refractivity contribution in [1.82, 2.24) is 10.6 Å². The second kappa shape index (κ2) is 8.69. The molecule has 1 unspecified atom stereocenters. The number of hydrogen-bond donors (Lipinski definition) is 2. The summed E-state index contributed by atoms with van der Waals surface area (Å²) in [5, 5.41) is 6.23. The standard InChI is InChI=1S/C16H25FN2O/c1-4-15(13-5-7-14(17)8-6-13)18-10-9-16(20)19-11-12(2)3/h5-8,12,15,18H,4,9-11H2,1-3H3,(H,19,20). The molecule has 4 heteroatoms. The zero-order valence-electron chi connectivity index (χ0n) is 12.6. The summed E-state index contributed by atoms with van der Waals surface area (Å²) in [5.74, 6) is 0.311. The lowest BCUT2D eigenvalue weighted by molar-refractivity contribution is -0.121. The third kappa shape index (κ3) is 6.15. The van der Waals surface area contributed by atoms with Gasteiger partial charge in [-0.25, -0.2) is 4.39 Å². The number of rotatable bonds is 8. The SMILES string of the molecule is CCC(NCCC(=O)NCC(C)C)c1ccc(F)cc1. The van der Waals surface area contributed by atoms with Gasteiger partial charge in [0.2, 0.25) is 5.91 Å². The molecule has 0 saturated carbocycles. The summed E-state index contributed by atoms with van der Waals surface area (Å²) in [6.07, 6.45) is 1.36. The monoisotopic (exact) mass is 280 g/mol. The van der Waals surface area contributed by atoms with E-state index in [-0.39, 0.29) is 17.8 Å². The van der Waals surface area contributed by atoms with E-state index in [0.29, 0.717) is 25.4 Å². The lowest BCUT2D eigenvalue weighted by Crippen LogP contribution is -2.31. The Bertz CT molecular complexity index is 403. The van der Waals surface area contributed by atoms with Crippen molar-refractivity contribution in [2.75, 3.05) is 13.1 Å². The highest BCUT2D eigenvalue weighted by Gasteiger charge is 2.09. The first kappa shape index (κ1) is 16.6. The van der Waals surface area contributed by atoms with E-state index in [1.54, 1.807) is 12.1 Å². The van der Waals surface area contributed by atoms with Gasteiger partial charge in [0.25, 0.3) is 0 Å². The van der Waals surface area contributed by atoms with Gasteiger partial charge in [0.15, 0.2) is 0 Å². The van der Waals surface area contributed by atoms with Crippen molar-refractivity contribution in [2.45, 2.75) is 39.7 Å². The minimum Gasteiger partial charge on any atom is -0.356 e. The molecule has 0 bridgehead atoms. The Morgan fingerprint density at radius 3 is 2.45 bits per heavy atom. The van der Waals surface area contributed by atoms with E-state index in [9.17, 15) is 9.18 Å². The average Bonchev–Trinajstić information content (AvgIpc) is 2.42. The molecule has 1 aromatic carbocycles. The molecule has 0 heterocycles. The van der Waals surface area contributed by atoms with Crippen molar-refractivity contribution in [1.29, 1.82) is 0 Å². The Morgan fingerprint density at radius 2 is 1.90 bits per heavy atom. The van der Waals surface area contributed by atoms with Crippen molar-refractivity contribution in [3.63, 3.8) is 0 Å². The van der Waals surface area contributed by atoms with Gasteiger partial charge in [0.05, 0.1) is 0 Å². The van der Waals surface area contributed by atoms with Crippen LogP contribution in [0.3, 0.4) is 0 Å². The number of nitrogens with one attached hydrogen (secondary N) is 2. The highest BCUT2D eigenvalue weighted by atomic mass is 19.1. The first-order valence-electron chi connectivity index (χ1n) is 7.28. The maximum absolute atomic E-state index is 12.9. The van der Waals surface area contributed by atoms with Crippen LogP contribution in [0, 0.1) is 11.7 Å². The topological polar surface area (TPSA) is 41.1 Å². The molecule has 1 atom stereocenters. The van der Waals surface area contributed by atoms with Gasteiger partial charge < -0.3 is 10.6 Å². The third-order valence-electron chi connectivity index (χ3n) is 3.13. The van der Waals surface area contributed by atoms with Crippen LogP contribution in [0.2, 0.25) is 0 Å². The van der Waals surface area contributed by atoms with Crippen molar-refractivity contribution < 1.29 is 9.18 Å². The number of halogens is 1. The summed E-state index contributed by atoms with van der Waals surface area (Å²) in [4.78, 5) is 11.6. The van der Waals surface area contributed by atoms with Crippen LogP contribution in [-0.2, 0) is 4.79 Å². The van der Waals surface area contributed by atoms with E-state index in [0.717, 1.165) is 12.0 Å². The van der Waals surface area contributed by atoms with Crippen molar-refractivity contribution in [3.8, 4) is 0 Å². The molecule has 2 N–H and O–H groups in total. The molecular weight excluding hydrogens is 255 g/mol. The quantitative estimate of drug-likeness (QED) is 0.768. The summed E-state index contributed by atoms with van der Waals surface area (Å²) < 4.78 is 12.9. The number of hydrogen-bond acceptors (Lipinski definition) is 2. The summed E-state index contributed by atoms with van der Waals surface area (Å²) in [7, 11) is 0. The summed E-state index contributed by atoms with van der Waals surface area (Å²) in [5.41, 5.74) is 1.05. The van der Waals surface area contributed by atoms with E-state index in [1.807, 2.05) is 0 Å². The van der Waals surface area contributed by atoms with Gasteiger partial charge in [-0.1, -0.05) is 32.9 Å². The fraction of sp³-hybridized carbons (Fsp3) is 0.562. The molecule has 0 aliphatic rings. The first-order valence-corrected chi connectivity index (χ1v) is 7.28. The summed E-state index contributed by atoms with van der Waals surface area (Å²) in [6.45, 7) is 7.55. The van der Waals surface area contributed by atoms with E-state index in [2.05, 4.69) is 31.4 Å². The Hall–Kier alpha value is -1.42. The average molecular weight is 280 g/mol. The van der Waals surface area contributed by atoms with Crippen molar-refractivity contribution >= 4 is 5.91 Å². The van der Waals surface area contributed by atoms with Crippen LogP contribution < -0.4 is 10.6 Å². The van der Waals surface area contributed by atoms with E-state index in [4.69, 9.17) is 0 Å². The van der Waals surface area contributed by atoms with Gasteiger partial charge in [0, 0.05) is 25.6 Å². The Labute approximate surface area is 121 Å². The molecule has 3 nitrogen and oxygen atoms in total. The van der Waals surface area contributed by atoms with Gasteiger partial charge in [0.1, 0.15) is 5.82 Å². The van der Waals surface area contributed by atoms with Crippen molar-refractivity contribution in [3.05, 3.63) is 35.6 Å². The molecular formula is C16H25FN2O. The van der Waals surface area contributed by atoms with Crippen LogP contribution in [0.15, 0.2) is 24.3 Å². The molecule has 0 radical (unpaired) electrons. The minimum atomic E-state index is -0.225. The summed E-state index contributed by atoms with van der Waals surface area (Å²) in [6, 6.07) is 6.67. The van der Waals surface area contributed by atoms with Crippen LogP contribution in [0.4, 0.5) is 4.39 Å². The molecule has 0 aromatic heterocycles. The zero-order chi connectivity index (χ0) is 15.0. The normalized spacial score (nSPS) is 12.4. The highest BCUT2D eigenvalue weighted by molar-refractivity contribution is 5.76. The lowest BCUT2D eigenvalue weighted by atomic mass is 10.0. The fourth-order valence-corrected chi connectivity index (χ4v) is 1.96. The first-order chi connectivity index (χ1) is 9.52. The van der Waals surface area contributed by atoms with Gasteiger partial charge in [-0.15, -0.1) is 0 Å². The van der Waals surface area contributed by atoms with Gasteiger partial charge in [-0.05, 0) is 30.0 Å². The number of carbonyl (C=O) groups is 1. The maximum Gasteiger partial charge on any atom is 0.221 e. The lowest BCUT2D eigenvalue weighted by Gasteiger charge is -2.17. The molecule has 0 aliphatic carbocycles. The largest absolute Gasteiger partial charge is 0.356 e. The number of benzene rings is 1. The third-order valence-corrected chi connectivity index (χ3v) is 3.13. The van der Waals surface area contributed by atoms with Crippen LogP contribution in [0.1, 0.15) is 45.2 Å². The Morgan fingerprint density at radius 1 is 1.25 bits per heavy atom. The molecule has 20 heavy (non-hydrogen) atoms. The van der Waals surface area contributed by atoms with Crippen LogP contribution in [0.25, 0.3) is 0 Å². The second-order valence-corrected chi connectivity index (χ2v) is 5.41. The van der Waals surface area contributed by atoms with Crippen LogP contribution >= 0.6 is 0 Å².